The highest BCUT2D eigenvalue weighted by Gasteiger charge is 2.27. The second kappa shape index (κ2) is 13.0. The maximum Gasteiger partial charge on any atom is 0.141 e. The van der Waals surface area contributed by atoms with E-state index >= 15 is 0 Å². The fourth-order valence-electron chi connectivity index (χ4n) is 6.66. The van der Waals surface area contributed by atoms with Crippen LogP contribution in [-0.4, -0.2) is 91.6 Å². The highest BCUT2D eigenvalue weighted by molar-refractivity contribution is 7.70. The van der Waals surface area contributed by atoms with Crippen molar-refractivity contribution in [3.05, 3.63) is 71.2 Å². The summed E-state index contributed by atoms with van der Waals surface area (Å²) in [6, 6.07) is 15.2. The van der Waals surface area contributed by atoms with E-state index in [1.54, 1.807) is 13.3 Å². The molecule has 0 amide bonds. The van der Waals surface area contributed by atoms with Gasteiger partial charge < -0.3 is 24.4 Å². The Morgan fingerprint density at radius 3 is 2.48 bits per heavy atom. The van der Waals surface area contributed by atoms with Crippen LogP contribution in [0.1, 0.15) is 49.3 Å². The molecule has 0 bridgehead atoms. The lowest BCUT2D eigenvalue weighted by Crippen LogP contribution is -2.53. The molecule has 3 heterocycles. The van der Waals surface area contributed by atoms with Crippen molar-refractivity contribution in [1.82, 2.24) is 19.8 Å². The highest BCUT2D eigenvalue weighted by Crippen LogP contribution is 2.39. The maximum absolute atomic E-state index is 13.0. The topological polar surface area (TPSA) is 73.8 Å². The molecule has 2 saturated heterocycles. The molecule has 0 saturated carbocycles. The van der Waals surface area contributed by atoms with Gasteiger partial charge in [-0.3, -0.25) is 4.90 Å². The zero-order valence-corrected chi connectivity index (χ0v) is 27.8. The largest absolute Gasteiger partial charge is 0.491 e. The van der Waals surface area contributed by atoms with E-state index in [9.17, 15) is 4.57 Å². The Morgan fingerprint density at radius 1 is 1.00 bits per heavy atom. The van der Waals surface area contributed by atoms with Crippen molar-refractivity contribution in [2.24, 2.45) is 0 Å². The number of fused-ring (bicyclic) bond motifs is 1. The number of allylic oxidation sites excluding steroid dienone is 1. The lowest BCUT2D eigenvalue weighted by atomic mass is 10.0. The number of rotatable bonds is 9. The molecule has 2 aromatic carbocycles. The van der Waals surface area contributed by atoms with Gasteiger partial charge in [0.2, 0.25) is 0 Å². The Kier molecular flexibility index (Phi) is 9.13. The molecule has 234 valence electrons. The number of benzene rings is 2. The summed E-state index contributed by atoms with van der Waals surface area (Å²) in [5.41, 5.74) is 5.14. The van der Waals surface area contributed by atoms with Crippen LogP contribution in [0.25, 0.3) is 6.08 Å². The predicted octanol–water partition coefficient (Wildman–Crippen LogP) is 5.63. The molecule has 8 nitrogen and oxygen atoms in total. The minimum Gasteiger partial charge on any atom is -0.491 e. The Hall–Kier alpha value is -3.19. The van der Waals surface area contributed by atoms with Crippen molar-refractivity contribution in [2.75, 3.05) is 69.9 Å². The number of likely N-dealkylation sites (tertiary alicyclic amines) is 1. The molecule has 6 rings (SSSR count). The van der Waals surface area contributed by atoms with Crippen molar-refractivity contribution >= 4 is 35.7 Å². The number of piperidine rings is 1. The lowest BCUT2D eigenvalue weighted by Gasteiger charge is -2.43. The molecule has 44 heavy (non-hydrogen) atoms. The third-order valence-electron chi connectivity index (χ3n) is 9.05. The number of piperazine rings is 1. The van der Waals surface area contributed by atoms with Gasteiger partial charge in [-0.2, -0.15) is 0 Å². The van der Waals surface area contributed by atoms with Crippen LogP contribution < -0.4 is 20.3 Å². The van der Waals surface area contributed by atoms with Crippen molar-refractivity contribution in [3.63, 3.8) is 0 Å². The third-order valence-corrected chi connectivity index (χ3v) is 10.6. The molecule has 3 aromatic rings. The van der Waals surface area contributed by atoms with E-state index in [1.165, 1.54) is 31.6 Å². The van der Waals surface area contributed by atoms with E-state index in [1.807, 2.05) is 24.3 Å². The Labute approximate surface area is 262 Å². The van der Waals surface area contributed by atoms with Crippen LogP contribution >= 0.6 is 7.14 Å². The fourth-order valence-corrected chi connectivity index (χ4v) is 7.82. The molecular weight excluding hydrogens is 567 g/mol. The van der Waals surface area contributed by atoms with Crippen LogP contribution in [0.2, 0.25) is 0 Å². The number of ether oxygens (including phenoxy) is 1. The summed E-state index contributed by atoms with van der Waals surface area (Å²) < 4.78 is 19.4. The van der Waals surface area contributed by atoms with E-state index in [0.717, 1.165) is 83.8 Å². The first-order valence-electron chi connectivity index (χ1n) is 16.1. The predicted molar refractivity (Wildman–Crippen MR) is 183 cm³/mol. The summed E-state index contributed by atoms with van der Waals surface area (Å²) in [5.74, 6) is 2.40. The van der Waals surface area contributed by atoms with Gasteiger partial charge in [-0.05, 0) is 78.4 Å². The van der Waals surface area contributed by atoms with Crippen molar-refractivity contribution in [1.29, 1.82) is 0 Å². The van der Waals surface area contributed by atoms with Crippen LogP contribution in [0.4, 0.5) is 17.2 Å². The molecular formula is C35H47N6O2P. The number of nitrogens with one attached hydrogen (secondary N) is 1. The van der Waals surface area contributed by atoms with Gasteiger partial charge in [0, 0.05) is 73.2 Å². The van der Waals surface area contributed by atoms with Crippen LogP contribution in [0, 0.1) is 0 Å². The molecule has 3 aliphatic rings. The van der Waals surface area contributed by atoms with Crippen molar-refractivity contribution < 1.29 is 9.30 Å². The molecule has 9 heteroatoms. The quantitative estimate of drug-likeness (QED) is 0.311. The fraction of sp³-hybridized carbons (Fsp3) is 0.486. The third kappa shape index (κ3) is 7.03. The van der Waals surface area contributed by atoms with Crippen LogP contribution in [0.3, 0.4) is 0 Å². The SMILES string of the molecule is CC(C)Oc1cc(N2CCN(C3CCN(C)CC3)CC2)ccc1Cc1nc2c(c(Nc3ccccc3P(C)(C)=O)n1)C=CC2. The minimum atomic E-state index is -2.48. The number of aromatic nitrogens is 2. The first kappa shape index (κ1) is 30.8. The van der Waals surface area contributed by atoms with Crippen molar-refractivity contribution in [2.45, 2.75) is 51.7 Å². The molecule has 1 aliphatic carbocycles. The molecule has 1 N–H and O–H groups in total. The number of hydrogen-bond donors (Lipinski definition) is 1. The Bertz CT molecular complexity index is 1550. The van der Waals surface area contributed by atoms with Crippen LogP contribution in [0.15, 0.2) is 48.5 Å². The molecule has 0 radical (unpaired) electrons. The average molecular weight is 615 g/mol. The number of hydrogen-bond acceptors (Lipinski definition) is 8. The van der Waals surface area contributed by atoms with Gasteiger partial charge in [0.25, 0.3) is 0 Å². The summed E-state index contributed by atoms with van der Waals surface area (Å²) in [4.78, 5) is 17.6. The van der Waals surface area contributed by atoms with Gasteiger partial charge >= 0.3 is 0 Å². The van der Waals surface area contributed by atoms with E-state index in [0.29, 0.717) is 6.42 Å². The van der Waals surface area contributed by atoms with Gasteiger partial charge in [-0.25, -0.2) is 9.97 Å². The summed E-state index contributed by atoms with van der Waals surface area (Å²) in [6.07, 6.45) is 8.16. The number of anilines is 3. The molecule has 0 unspecified atom stereocenters. The van der Waals surface area contributed by atoms with Gasteiger partial charge in [0.15, 0.2) is 0 Å². The lowest BCUT2D eigenvalue weighted by molar-refractivity contribution is 0.115. The Morgan fingerprint density at radius 2 is 1.75 bits per heavy atom. The molecule has 1 aromatic heterocycles. The Balaban J connectivity index is 1.22. The minimum absolute atomic E-state index is 0.0583. The average Bonchev–Trinajstić information content (AvgIpc) is 3.47. The summed E-state index contributed by atoms with van der Waals surface area (Å²) >= 11 is 0. The van der Waals surface area contributed by atoms with E-state index in [4.69, 9.17) is 14.7 Å². The van der Waals surface area contributed by atoms with E-state index in [-0.39, 0.29) is 6.10 Å². The smallest absolute Gasteiger partial charge is 0.141 e. The molecule has 0 spiro atoms. The maximum atomic E-state index is 13.0. The molecule has 2 fully saturated rings. The number of para-hydroxylation sites is 1. The van der Waals surface area contributed by atoms with Gasteiger partial charge in [0.05, 0.1) is 17.5 Å². The first-order valence-corrected chi connectivity index (χ1v) is 18.7. The van der Waals surface area contributed by atoms with Gasteiger partial charge in [-0.1, -0.05) is 30.4 Å². The van der Waals surface area contributed by atoms with Crippen LogP contribution in [-0.2, 0) is 17.4 Å². The molecule has 0 atom stereocenters. The zero-order valence-electron chi connectivity index (χ0n) is 26.9. The van der Waals surface area contributed by atoms with E-state index in [2.05, 4.69) is 71.3 Å². The number of nitrogens with zero attached hydrogens (tertiary/aromatic N) is 5. The first-order chi connectivity index (χ1) is 21.1. The van der Waals surface area contributed by atoms with Gasteiger partial charge in [-0.15, -0.1) is 0 Å². The van der Waals surface area contributed by atoms with Gasteiger partial charge in [0.1, 0.15) is 24.5 Å². The second-order valence-corrected chi connectivity index (χ2v) is 16.3. The summed E-state index contributed by atoms with van der Waals surface area (Å²) in [5, 5.41) is 4.34. The summed E-state index contributed by atoms with van der Waals surface area (Å²) in [7, 11) is -0.246. The highest BCUT2D eigenvalue weighted by atomic mass is 31.2. The standard InChI is InChI=1S/C35H47N6O2P/c1-25(2)43-32-24-28(41-21-19-40(20-22-41)27-15-17-39(3)18-16-27)14-13-26(32)23-34-36-30-11-8-9-29(30)35(38-34)37-31-10-6-7-12-33(31)44(4,5)42/h6-10,12-14,24-25,27H,11,15-23H2,1-5H3,(H,36,37,38). The van der Waals surface area contributed by atoms with Crippen LogP contribution in [0.5, 0.6) is 5.75 Å². The molecule has 2 aliphatic heterocycles. The summed E-state index contributed by atoms with van der Waals surface area (Å²) in [6.45, 7) is 14.5. The van der Waals surface area contributed by atoms with E-state index < -0.39 is 7.14 Å². The zero-order chi connectivity index (χ0) is 30.8. The monoisotopic (exact) mass is 614 g/mol. The normalized spacial score (nSPS) is 18.2. The second-order valence-electron chi connectivity index (χ2n) is 13.1. The van der Waals surface area contributed by atoms with Crippen molar-refractivity contribution in [3.8, 4) is 5.75 Å².